The zero-order valence-electron chi connectivity index (χ0n) is 39.9. The van der Waals surface area contributed by atoms with Gasteiger partial charge in [-0.05, 0) is 12.8 Å². The molecule has 0 saturated heterocycles. The first-order chi connectivity index (χ1) is 28.7. The van der Waals surface area contributed by atoms with Gasteiger partial charge in [-0.3, -0.25) is 4.79 Å². The highest BCUT2D eigenvalue weighted by Crippen LogP contribution is 2.17. The van der Waals surface area contributed by atoms with Crippen LogP contribution in [0.2, 0.25) is 0 Å². The van der Waals surface area contributed by atoms with E-state index < -0.39 is 6.10 Å². The fourth-order valence-corrected chi connectivity index (χ4v) is 8.64. The Morgan fingerprint density at radius 3 is 0.948 bits per heavy atom. The first-order valence-electron chi connectivity index (χ1n) is 26.8. The second-order valence-corrected chi connectivity index (χ2v) is 18.5. The highest BCUT2D eigenvalue weighted by Gasteiger charge is 2.17. The van der Waals surface area contributed by atoms with Crippen LogP contribution >= 0.6 is 0 Å². The largest absolute Gasteiger partial charge is 0.395 e. The number of hydrogen-bond donors (Lipinski definition) is 2. The standard InChI is InChI=1S/C53H107NO4/c1-3-5-7-9-11-13-15-17-18-19-20-21-22-23-24-25-26-27-28-29-30-31-32-33-35-37-39-41-43-45-49-58-51-52(56)50-54(47-48-55)53(57)46-44-42-40-38-36-34-16-14-12-10-8-6-4-2/h52,55-56H,3-51H2,1-2H3. The third kappa shape index (κ3) is 46.4. The molecular weight excluding hydrogens is 715 g/mol. The highest BCUT2D eigenvalue weighted by atomic mass is 16.5. The molecule has 1 atom stereocenters. The summed E-state index contributed by atoms with van der Waals surface area (Å²) in [5.41, 5.74) is 0. The maximum atomic E-state index is 12.8. The van der Waals surface area contributed by atoms with Gasteiger partial charge in [0.05, 0.1) is 19.3 Å². The predicted molar refractivity (Wildman–Crippen MR) is 255 cm³/mol. The molecule has 0 radical (unpaired) electrons. The van der Waals surface area contributed by atoms with E-state index in [4.69, 9.17) is 4.74 Å². The lowest BCUT2D eigenvalue weighted by atomic mass is 10.0. The summed E-state index contributed by atoms with van der Waals surface area (Å²) >= 11 is 0. The fourth-order valence-electron chi connectivity index (χ4n) is 8.64. The van der Waals surface area contributed by atoms with E-state index in [0.717, 1.165) is 19.3 Å². The minimum atomic E-state index is -0.698. The van der Waals surface area contributed by atoms with Crippen molar-refractivity contribution in [2.24, 2.45) is 0 Å². The van der Waals surface area contributed by atoms with Crippen LogP contribution in [0.25, 0.3) is 0 Å². The number of carbonyl (C=O) groups excluding carboxylic acids is 1. The van der Waals surface area contributed by atoms with E-state index in [1.165, 1.54) is 257 Å². The molecule has 0 aliphatic heterocycles. The number of rotatable bonds is 51. The molecule has 0 rings (SSSR count). The maximum Gasteiger partial charge on any atom is 0.222 e. The molecule has 0 heterocycles. The quantitative estimate of drug-likeness (QED) is 0.0600. The summed E-state index contributed by atoms with van der Waals surface area (Å²) in [6.07, 6.45) is 58.9. The Morgan fingerprint density at radius 1 is 0.414 bits per heavy atom. The molecule has 0 aromatic carbocycles. The third-order valence-corrected chi connectivity index (χ3v) is 12.6. The van der Waals surface area contributed by atoms with Gasteiger partial charge in [0.25, 0.3) is 0 Å². The molecule has 0 aliphatic rings. The molecule has 1 amide bonds. The average molecular weight is 822 g/mol. The average Bonchev–Trinajstić information content (AvgIpc) is 3.22. The van der Waals surface area contributed by atoms with Crippen LogP contribution in [0.15, 0.2) is 0 Å². The molecule has 58 heavy (non-hydrogen) atoms. The fraction of sp³-hybridized carbons (Fsp3) is 0.981. The number of unbranched alkanes of at least 4 members (excludes halogenated alkanes) is 41. The number of ether oxygens (including phenoxy) is 1. The molecule has 5 nitrogen and oxygen atoms in total. The van der Waals surface area contributed by atoms with Crippen molar-refractivity contribution in [3.05, 3.63) is 0 Å². The van der Waals surface area contributed by atoms with E-state index in [9.17, 15) is 15.0 Å². The molecule has 0 saturated carbocycles. The summed E-state index contributed by atoms with van der Waals surface area (Å²) < 4.78 is 5.75. The van der Waals surface area contributed by atoms with E-state index >= 15 is 0 Å². The maximum absolute atomic E-state index is 12.8. The van der Waals surface area contributed by atoms with Crippen LogP contribution in [-0.2, 0) is 9.53 Å². The smallest absolute Gasteiger partial charge is 0.222 e. The molecular formula is C53H107NO4. The van der Waals surface area contributed by atoms with Crippen molar-refractivity contribution < 1.29 is 19.7 Å². The zero-order chi connectivity index (χ0) is 42.1. The number of nitrogens with zero attached hydrogens (tertiary/aromatic N) is 1. The minimum absolute atomic E-state index is 0.0437. The molecule has 1 unspecified atom stereocenters. The lowest BCUT2D eigenvalue weighted by molar-refractivity contribution is -0.134. The first kappa shape index (κ1) is 57.3. The summed E-state index contributed by atoms with van der Waals surface area (Å²) in [7, 11) is 0. The monoisotopic (exact) mass is 822 g/mol. The summed E-state index contributed by atoms with van der Waals surface area (Å²) in [5.74, 6) is 0.0437. The van der Waals surface area contributed by atoms with E-state index in [1.807, 2.05) is 0 Å². The van der Waals surface area contributed by atoms with Gasteiger partial charge in [-0.2, -0.15) is 0 Å². The van der Waals surface area contributed by atoms with E-state index in [1.54, 1.807) is 4.90 Å². The number of aliphatic hydroxyl groups excluding tert-OH is 2. The van der Waals surface area contributed by atoms with Crippen molar-refractivity contribution in [1.82, 2.24) is 4.90 Å². The van der Waals surface area contributed by atoms with Crippen LogP contribution in [0.5, 0.6) is 0 Å². The lowest BCUT2D eigenvalue weighted by Gasteiger charge is -2.24. The van der Waals surface area contributed by atoms with Gasteiger partial charge in [0.15, 0.2) is 0 Å². The second kappa shape index (κ2) is 50.7. The summed E-state index contributed by atoms with van der Waals surface area (Å²) in [5, 5.41) is 20.0. The van der Waals surface area contributed by atoms with Crippen LogP contribution in [0, 0.1) is 0 Å². The Hall–Kier alpha value is -0.650. The molecule has 0 aliphatic carbocycles. The Balaban J connectivity index is 3.41. The van der Waals surface area contributed by atoms with Crippen molar-refractivity contribution in [2.45, 2.75) is 302 Å². The summed E-state index contributed by atoms with van der Waals surface area (Å²) in [6, 6.07) is 0. The first-order valence-corrected chi connectivity index (χ1v) is 26.8. The molecule has 348 valence electrons. The Kier molecular flexibility index (Phi) is 50.1. The van der Waals surface area contributed by atoms with Crippen molar-refractivity contribution >= 4 is 5.91 Å². The molecule has 0 aromatic rings. The zero-order valence-corrected chi connectivity index (χ0v) is 39.9. The molecule has 0 fully saturated rings. The Labute approximate surface area is 364 Å². The molecule has 0 bridgehead atoms. The summed E-state index contributed by atoms with van der Waals surface area (Å²) in [4.78, 5) is 14.4. The number of aliphatic hydroxyl groups is 2. The van der Waals surface area contributed by atoms with Gasteiger partial charge >= 0.3 is 0 Å². The second-order valence-electron chi connectivity index (χ2n) is 18.5. The minimum Gasteiger partial charge on any atom is -0.395 e. The molecule has 0 aromatic heterocycles. The van der Waals surface area contributed by atoms with Gasteiger partial charge in [0, 0.05) is 26.1 Å². The molecule has 5 heteroatoms. The lowest BCUT2D eigenvalue weighted by Crippen LogP contribution is -2.40. The van der Waals surface area contributed by atoms with Gasteiger partial charge in [0.1, 0.15) is 0 Å². The van der Waals surface area contributed by atoms with Gasteiger partial charge in [-0.25, -0.2) is 0 Å². The van der Waals surface area contributed by atoms with Gasteiger partial charge < -0.3 is 19.8 Å². The Morgan fingerprint density at radius 2 is 0.672 bits per heavy atom. The van der Waals surface area contributed by atoms with Crippen LogP contribution in [0.4, 0.5) is 0 Å². The highest BCUT2D eigenvalue weighted by molar-refractivity contribution is 5.76. The predicted octanol–water partition coefficient (Wildman–Crippen LogP) is 16.4. The van der Waals surface area contributed by atoms with Gasteiger partial charge in [-0.15, -0.1) is 0 Å². The molecule has 0 spiro atoms. The van der Waals surface area contributed by atoms with Crippen LogP contribution in [-0.4, -0.2) is 60.0 Å². The third-order valence-electron chi connectivity index (χ3n) is 12.6. The number of amides is 1. The van der Waals surface area contributed by atoms with E-state index in [-0.39, 0.29) is 32.2 Å². The number of carbonyl (C=O) groups is 1. The van der Waals surface area contributed by atoms with Gasteiger partial charge in [-0.1, -0.05) is 277 Å². The molecule has 2 N–H and O–H groups in total. The van der Waals surface area contributed by atoms with Crippen LogP contribution < -0.4 is 0 Å². The van der Waals surface area contributed by atoms with Crippen molar-refractivity contribution in [2.75, 3.05) is 32.9 Å². The SMILES string of the molecule is CCCCCCCCCCCCCCCCCCCCCCCCCCCCCCCCOCC(O)CN(CCO)C(=O)CCCCCCCCCCCCCCC. The Bertz CT molecular complexity index is 763. The van der Waals surface area contributed by atoms with Crippen molar-refractivity contribution in [1.29, 1.82) is 0 Å². The normalized spacial score (nSPS) is 12.1. The summed E-state index contributed by atoms with van der Waals surface area (Å²) in [6.45, 7) is 5.96. The van der Waals surface area contributed by atoms with Gasteiger partial charge in [0.2, 0.25) is 5.91 Å². The van der Waals surface area contributed by atoms with Crippen LogP contribution in [0.3, 0.4) is 0 Å². The topological polar surface area (TPSA) is 70.0 Å². The van der Waals surface area contributed by atoms with Crippen molar-refractivity contribution in [3.8, 4) is 0 Å². The van der Waals surface area contributed by atoms with E-state index in [0.29, 0.717) is 13.0 Å². The number of hydrogen-bond acceptors (Lipinski definition) is 4. The van der Waals surface area contributed by atoms with E-state index in [2.05, 4.69) is 13.8 Å². The van der Waals surface area contributed by atoms with Crippen molar-refractivity contribution in [3.63, 3.8) is 0 Å². The van der Waals surface area contributed by atoms with Crippen LogP contribution in [0.1, 0.15) is 296 Å².